The second-order valence-electron chi connectivity index (χ2n) is 7.31. The van der Waals surface area contributed by atoms with Gasteiger partial charge in [-0.2, -0.15) is 0 Å². The number of nitrogens with one attached hydrogen (secondary N) is 1. The van der Waals surface area contributed by atoms with Crippen LogP contribution in [0.2, 0.25) is 0 Å². The van der Waals surface area contributed by atoms with E-state index in [-0.39, 0.29) is 31.4 Å². The number of aromatic nitrogens is 2. The normalized spacial score (nSPS) is 17.1. The minimum absolute atomic E-state index is 0.0306. The minimum Gasteiger partial charge on any atom is -0.386 e. The number of carbonyl (C=O) groups is 2. The standard InChI is InChI=1S/C23H21FN4O4/c24-18-4-2-1-3-16(18)12-28-20(13-32-14-21(28)29)22(30)15-5-7-17(8-6-15)27-23(31)19-11-25-9-10-26-19/h1-11,20,22,30H,12-14H2,(H,27,31). The first kappa shape index (κ1) is 21.5. The van der Waals surface area contributed by atoms with Gasteiger partial charge in [-0.3, -0.25) is 14.6 Å². The van der Waals surface area contributed by atoms with E-state index >= 15 is 0 Å². The lowest BCUT2D eigenvalue weighted by Crippen LogP contribution is -2.51. The number of halogens is 1. The van der Waals surface area contributed by atoms with Gasteiger partial charge in [-0.1, -0.05) is 30.3 Å². The van der Waals surface area contributed by atoms with Gasteiger partial charge >= 0.3 is 0 Å². The molecule has 3 aromatic rings. The number of hydrogen-bond donors (Lipinski definition) is 2. The van der Waals surface area contributed by atoms with E-state index in [1.165, 1.54) is 29.6 Å². The van der Waals surface area contributed by atoms with Crippen molar-refractivity contribution in [2.45, 2.75) is 18.7 Å². The molecule has 8 nitrogen and oxygen atoms in total. The van der Waals surface area contributed by atoms with Crippen molar-refractivity contribution in [3.05, 3.63) is 89.8 Å². The molecule has 4 rings (SSSR count). The number of anilines is 1. The number of benzene rings is 2. The Morgan fingerprint density at radius 2 is 2.00 bits per heavy atom. The fourth-order valence-corrected chi connectivity index (χ4v) is 3.50. The van der Waals surface area contributed by atoms with Crippen LogP contribution in [-0.2, 0) is 16.1 Å². The van der Waals surface area contributed by atoms with Crippen molar-refractivity contribution >= 4 is 17.5 Å². The average molecular weight is 436 g/mol. The van der Waals surface area contributed by atoms with Gasteiger partial charge in [0, 0.05) is 30.2 Å². The number of hydrogen-bond acceptors (Lipinski definition) is 6. The third kappa shape index (κ3) is 4.79. The van der Waals surface area contributed by atoms with E-state index in [0.29, 0.717) is 16.8 Å². The first-order chi connectivity index (χ1) is 15.5. The molecule has 0 aliphatic carbocycles. The molecule has 32 heavy (non-hydrogen) atoms. The summed E-state index contributed by atoms with van der Waals surface area (Å²) in [4.78, 5) is 33.9. The zero-order valence-electron chi connectivity index (χ0n) is 17.0. The Bertz CT molecular complexity index is 1090. The SMILES string of the molecule is O=C(Nc1ccc(C(O)C2COCC(=O)N2Cc2ccccc2F)cc1)c1cnccn1. The van der Waals surface area contributed by atoms with Crippen LogP contribution in [-0.4, -0.2) is 51.0 Å². The highest BCUT2D eigenvalue weighted by Gasteiger charge is 2.35. The lowest BCUT2D eigenvalue weighted by molar-refractivity contribution is -0.155. The van der Waals surface area contributed by atoms with E-state index in [1.807, 2.05) is 0 Å². The topological polar surface area (TPSA) is 105 Å². The summed E-state index contributed by atoms with van der Waals surface area (Å²) in [5.74, 6) is -1.15. The van der Waals surface area contributed by atoms with Gasteiger partial charge in [-0.25, -0.2) is 9.37 Å². The van der Waals surface area contributed by atoms with Gasteiger partial charge in [0.25, 0.3) is 5.91 Å². The number of aliphatic hydroxyl groups is 1. The number of aliphatic hydroxyl groups excluding tert-OH is 1. The molecular formula is C23H21FN4O4. The van der Waals surface area contributed by atoms with Crippen LogP contribution < -0.4 is 5.32 Å². The zero-order valence-corrected chi connectivity index (χ0v) is 17.0. The smallest absolute Gasteiger partial charge is 0.275 e. The Kier molecular flexibility index (Phi) is 6.48. The molecule has 2 heterocycles. The number of rotatable bonds is 6. The van der Waals surface area contributed by atoms with Crippen LogP contribution in [0.3, 0.4) is 0 Å². The van der Waals surface area contributed by atoms with E-state index in [0.717, 1.165) is 0 Å². The summed E-state index contributed by atoms with van der Waals surface area (Å²) in [7, 11) is 0. The lowest BCUT2D eigenvalue weighted by Gasteiger charge is -2.38. The molecule has 2 amide bonds. The molecular weight excluding hydrogens is 415 g/mol. The van der Waals surface area contributed by atoms with Gasteiger partial charge in [-0.15, -0.1) is 0 Å². The molecule has 2 aromatic carbocycles. The summed E-state index contributed by atoms with van der Waals surface area (Å²) in [6, 6.07) is 12.1. The van der Waals surface area contributed by atoms with Crippen LogP contribution in [0.5, 0.6) is 0 Å². The monoisotopic (exact) mass is 436 g/mol. The van der Waals surface area contributed by atoms with Crippen LogP contribution in [0.15, 0.2) is 67.1 Å². The Labute approximate surface area is 183 Å². The number of nitrogens with zero attached hydrogens (tertiary/aromatic N) is 3. The summed E-state index contributed by atoms with van der Waals surface area (Å²) >= 11 is 0. The average Bonchev–Trinajstić information content (AvgIpc) is 2.82. The molecule has 1 fully saturated rings. The van der Waals surface area contributed by atoms with Crippen LogP contribution in [0.4, 0.5) is 10.1 Å². The van der Waals surface area contributed by atoms with Crippen molar-refractivity contribution in [1.82, 2.24) is 14.9 Å². The molecule has 2 atom stereocenters. The predicted molar refractivity (Wildman–Crippen MR) is 113 cm³/mol. The Morgan fingerprint density at radius 1 is 1.22 bits per heavy atom. The number of morpholine rings is 1. The van der Waals surface area contributed by atoms with Crippen LogP contribution in [0.25, 0.3) is 0 Å². The van der Waals surface area contributed by atoms with E-state index in [2.05, 4.69) is 15.3 Å². The summed E-state index contributed by atoms with van der Waals surface area (Å²) in [5.41, 5.74) is 1.58. The van der Waals surface area contributed by atoms with Crippen molar-refractivity contribution < 1.29 is 23.8 Å². The van der Waals surface area contributed by atoms with Gasteiger partial charge in [0.2, 0.25) is 5.91 Å². The molecule has 2 N–H and O–H groups in total. The van der Waals surface area contributed by atoms with E-state index in [1.54, 1.807) is 42.5 Å². The molecule has 1 aliphatic rings. The molecule has 1 aromatic heterocycles. The minimum atomic E-state index is -1.06. The third-order valence-corrected chi connectivity index (χ3v) is 5.20. The molecule has 0 saturated carbocycles. The lowest BCUT2D eigenvalue weighted by atomic mass is 9.99. The summed E-state index contributed by atoms with van der Waals surface area (Å²) in [6.45, 7) is 0.0282. The Morgan fingerprint density at radius 3 is 2.72 bits per heavy atom. The van der Waals surface area contributed by atoms with E-state index in [9.17, 15) is 19.1 Å². The van der Waals surface area contributed by atoms with Crippen LogP contribution in [0, 0.1) is 5.82 Å². The zero-order chi connectivity index (χ0) is 22.5. The molecule has 0 radical (unpaired) electrons. The molecule has 9 heteroatoms. The quantitative estimate of drug-likeness (QED) is 0.615. The van der Waals surface area contributed by atoms with Crippen molar-refractivity contribution in [3.63, 3.8) is 0 Å². The molecule has 164 valence electrons. The number of carbonyl (C=O) groups excluding carboxylic acids is 2. The highest BCUT2D eigenvalue weighted by Crippen LogP contribution is 2.27. The maximum absolute atomic E-state index is 14.1. The summed E-state index contributed by atoms with van der Waals surface area (Å²) < 4.78 is 19.5. The summed E-state index contributed by atoms with van der Waals surface area (Å²) in [5, 5.41) is 13.7. The first-order valence-corrected chi connectivity index (χ1v) is 9.99. The largest absolute Gasteiger partial charge is 0.386 e. The Hall–Kier alpha value is -3.69. The van der Waals surface area contributed by atoms with E-state index in [4.69, 9.17) is 4.74 Å². The summed E-state index contributed by atoms with van der Waals surface area (Å²) in [6.07, 6.45) is 3.20. The second-order valence-corrected chi connectivity index (χ2v) is 7.31. The van der Waals surface area contributed by atoms with Crippen LogP contribution >= 0.6 is 0 Å². The fourth-order valence-electron chi connectivity index (χ4n) is 3.50. The molecule has 0 spiro atoms. The van der Waals surface area contributed by atoms with Crippen molar-refractivity contribution in [1.29, 1.82) is 0 Å². The second kappa shape index (κ2) is 9.63. The molecule has 0 bridgehead atoms. The molecule has 2 unspecified atom stereocenters. The van der Waals surface area contributed by atoms with Crippen LogP contribution in [0.1, 0.15) is 27.7 Å². The first-order valence-electron chi connectivity index (χ1n) is 9.99. The maximum atomic E-state index is 14.1. The number of amides is 2. The highest BCUT2D eigenvalue weighted by molar-refractivity contribution is 6.02. The van der Waals surface area contributed by atoms with Gasteiger partial charge < -0.3 is 20.1 Å². The van der Waals surface area contributed by atoms with Gasteiger partial charge in [0.15, 0.2) is 0 Å². The molecule has 1 saturated heterocycles. The van der Waals surface area contributed by atoms with Gasteiger partial charge in [0.1, 0.15) is 24.2 Å². The van der Waals surface area contributed by atoms with Gasteiger partial charge in [0.05, 0.1) is 18.8 Å². The van der Waals surface area contributed by atoms with Gasteiger partial charge in [-0.05, 0) is 23.8 Å². The fraction of sp³-hybridized carbons (Fsp3) is 0.217. The number of ether oxygens (including phenoxy) is 1. The Balaban J connectivity index is 1.48. The highest BCUT2D eigenvalue weighted by atomic mass is 19.1. The maximum Gasteiger partial charge on any atom is 0.275 e. The van der Waals surface area contributed by atoms with Crippen molar-refractivity contribution in [2.24, 2.45) is 0 Å². The van der Waals surface area contributed by atoms with Crippen molar-refractivity contribution in [3.8, 4) is 0 Å². The van der Waals surface area contributed by atoms with Crippen molar-refractivity contribution in [2.75, 3.05) is 18.5 Å². The molecule has 1 aliphatic heterocycles. The third-order valence-electron chi connectivity index (χ3n) is 5.20. The van der Waals surface area contributed by atoms with E-state index < -0.39 is 23.9 Å². The predicted octanol–water partition coefficient (Wildman–Crippen LogP) is 2.33.